The van der Waals surface area contributed by atoms with Crippen molar-refractivity contribution >= 4 is 5.91 Å². The molecule has 0 aromatic rings. The molecule has 70 valence electrons. The molecule has 1 N–H and O–H groups in total. The van der Waals surface area contributed by atoms with E-state index in [2.05, 4.69) is 10.3 Å². The van der Waals surface area contributed by atoms with Crippen LogP contribution in [0.3, 0.4) is 0 Å². The smallest absolute Gasteiger partial charge is 0.302 e. The molecule has 0 aliphatic carbocycles. The number of hydroxylamine groups is 1. The quantitative estimate of drug-likeness (QED) is 0.607. The van der Waals surface area contributed by atoms with Crippen LogP contribution in [0.4, 0.5) is 0 Å². The van der Waals surface area contributed by atoms with Crippen LogP contribution in [0.25, 0.3) is 0 Å². The van der Waals surface area contributed by atoms with Crippen LogP contribution in [0.5, 0.6) is 0 Å². The second-order valence-electron chi connectivity index (χ2n) is 2.88. The van der Waals surface area contributed by atoms with Gasteiger partial charge in [0.25, 0.3) is 0 Å². The highest BCUT2D eigenvalue weighted by molar-refractivity contribution is 5.86. The van der Waals surface area contributed by atoms with Gasteiger partial charge in [0.15, 0.2) is 0 Å². The van der Waals surface area contributed by atoms with Gasteiger partial charge in [-0.05, 0) is 6.42 Å². The number of amides is 1. The minimum Gasteiger partial charge on any atom is -0.377 e. The zero-order chi connectivity index (χ0) is 9.10. The maximum Gasteiger partial charge on any atom is 0.302 e. The molecule has 0 aromatic heterocycles. The summed E-state index contributed by atoms with van der Waals surface area (Å²) >= 11 is 0. The van der Waals surface area contributed by atoms with E-state index in [4.69, 9.17) is 4.84 Å². The molecule has 2 heterocycles. The Labute approximate surface area is 76.2 Å². The van der Waals surface area contributed by atoms with Crippen molar-refractivity contribution in [2.75, 3.05) is 13.1 Å². The lowest BCUT2D eigenvalue weighted by Gasteiger charge is -2.29. The van der Waals surface area contributed by atoms with E-state index in [-0.39, 0.29) is 5.91 Å². The fourth-order valence-corrected chi connectivity index (χ4v) is 1.06. The monoisotopic (exact) mass is 181 g/mol. The number of carbonyl (C=O) groups excluding carboxylic acids is 1. The molecular formula is C8H11N3O2. The summed E-state index contributed by atoms with van der Waals surface area (Å²) < 4.78 is 0. The fourth-order valence-electron chi connectivity index (χ4n) is 1.06. The molecule has 0 unspecified atom stereocenters. The van der Waals surface area contributed by atoms with Gasteiger partial charge in [0.05, 0.1) is 6.20 Å². The number of hydrazine groups is 1. The van der Waals surface area contributed by atoms with Crippen LogP contribution in [-0.2, 0) is 9.63 Å². The molecule has 5 nitrogen and oxygen atoms in total. The Kier molecular flexibility index (Phi) is 2.08. The summed E-state index contributed by atoms with van der Waals surface area (Å²) in [7, 11) is 0. The van der Waals surface area contributed by atoms with Gasteiger partial charge in [-0.25, -0.2) is 0 Å². The number of rotatable bonds is 2. The predicted octanol–water partition coefficient (Wildman–Crippen LogP) is -0.0446. The average Bonchev–Trinajstić information content (AvgIpc) is 2.52. The fraction of sp³-hybridized carbons (Fsp3) is 0.375. The molecule has 2 aliphatic rings. The number of hydrogen-bond acceptors (Lipinski definition) is 4. The van der Waals surface area contributed by atoms with Crippen molar-refractivity contribution in [2.45, 2.75) is 6.42 Å². The summed E-state index contributed by atoms with van der Waals surface area (Å²) in [6.45, 7) is 2.08. The molecule has 0 bridgehead atoms. The standard InChI is InChI=1S/C8H11N3O2/c12-8(11-9-3-7-13-11)2-6-10-4-1-5-10/h2-3,6-7,9H,1,4-5H2. The van der Waals surface area contributed by atoms with Crippen molar-refractivity contribution in [3.63, 3.8) is 0 Å². The van der Waals surface area contributed by atoms with Gasteiger partial charge in [-0.3, -0.25) is 10.2 Å². The maximum atomic E-state index is 11.3. The van der Waals surface area contributed by atoms with Crippen molar-refractivity contribution in [1.82, 2.24) is 15.5 Å². The molecule has 5 heteroatoms. The van der Waals surface area contributed by atoms with Crippen LogP contribution in [0.1, 0.15) is 6.42 Å². The first-order chi connectivity index (χ1) is 6.36. The summed E-state index contributed by atoms with van der Waals surface area (Å²) in [5.41, 5.74) is 2.63. The average molecular weight is 181 g/mol. The molecular weight excluding hydrogens is 170 g/mol. The lowest BCUT2D eigenvalue weighted by Crippen LogP contribution is -2.35. The van der Waals surface area contributed by atoms with Gasteiger partial charge in [0.1, 0.15) is 6.26 Å². The van der Waals surface area contributed by atoms with Crippen molar-refractivity contribution in [3.8, 4) is 0 Å². The molecule has 0 radical (unpaired) electrons. The second kappa shape index (κ2) is 3.38. The lowest BCUT2D eigenvalue weighted by atomic mass is 10.2. The third-order valence-electron chi connectivity index (χ3n) is 1.94. The predicted molar refractivity (Wildman–Crippen MR) is 45.5 cm³/mol. The van der Waals surface area contributed by atoms with Crippen LogP contribution in [0, 0.1) is 0 Å². The van der Waals surface area contributed by atoms with E-state index in [0.717, 1.165) is 18.3 Å². The SMILES string of the molecule is O=C(C=CN1CCC1)N1NC=CO1. The van der Waals surface area contributed by atoms with Gasteiger partial charge < -0.3 is 9.74 Å². The summed E-state index contributed by atoms with van der Waals surface area (Å²) in [5.74, 6) is -0.211. The van der Waals surface area contributed by atoms with Crippen LogP contribution in [0.2, 0.25) is 0 Å². The molecule has 0 saturated carbocycles. The van der Waals surface area contributed by atoms with Crippen LogP contribution < -0.4 is 5.43 Å². The van der Waals surface area contributed by atoms with Crippen LogP contribution in [0.15, 0.2) is 24.7 Å². The Morgan fingerprint density at radius 2 is 2.38 bits per heavy atom. The Bertz CT molecular complexity index is 250. The lowest BCUT2D eigenvalue weighted by molar-refractivity contribution is -0.165. The van der Waals surface area contributed by atoms with E-state index in [1.807, 2.05) is 0 Å². The van der Waals surface area contributed by atoms with Crippen molar-refractivity contribution in [1.29, 1.82) is 0 Å². The first-order valence-corrected chi connectivity index (χ1v) is 4.20. The highest BCUT2D eigenvalue weighted by Crippen LogP contribution is 2.06. The minimum atomic E-state index is -0.211. The summed E-state index contributed by atoms with van der Waals surface area (Å²) in [6.07, 6.45) is 7.44. The third-order valence-corrected chi connectivity index (χ3v) is 1.94. The summed E-state index contributed by atoms with van der Waals surface area (Å²) in [4.78, 5) is 18.2. The minimum absolute atomic E-state index is 0.211. The number of nitrogens with zero attached hydrogens (tertiary/aromatic N) is 2. The third kappa shape index (κ3) is 1.74. The topological polar surface area (TPSA) is 44.8 Å². The Morgan fingerprint density at radius 3 is 2.92 bits per heavy atom. The number of likely N-dealkylation sites (tertiary alicyclic amines) is 1. The van der Waals surface area contributed by atoms with E-state index >= 15 is 0 Å². The zero-order valence-electron chi connectivity index (χ0n) is 7.14. The van der Waals surface area contributed by atoms with Crippen molar-refractivity contribution in [3.05, 3.63) is 24.7 Å². The van der Waals surface area contributed by atoms with E-state index < -0.39 is 0 Å². The van der Waals surface area contributed by atoms with E-state index in [0.29, 0.717) is 0 Å². The molecule has 2 aliphatic heterocycles. The van der Waals surface area contributed by atoms with Gasteiger partial charge in [-0.2, -0.15) is 0 Å². The molecule has 13 heavy (non-hydrogen) atoms. The Hall–Kier alpha value is -1.65. The molecule has 0 spiro atoms. The number of carbonyl (C=O) groups is 1. The van der Waals surface area contributed by atoms with E-state index in [9.17, 15) is 4.79 Å². The van der Waals surface area contributed by atoms with Crippen molar-refractivity contribution in [2.24, 2.45) is 0 Å². The van der Waals surface area contributed by atoms with Crippen molar-refractivity contribution < 1.29 is 9.63 Å². The first kappa shape index (κ1) is 7.97. The summed E-state index contributed by atoms with van der Waals surface area (Å²) in [5, 5.41) is 1.07. The molecule has 1 amide bonds. The first-order valence-electron chi connectivity index (χ1n) is 4.20. The van der Waals surface area contributed by atoms with E-state index in [1.54, 1.807) is 12.4 Å². The summed E-state index contributed by atoms with van der Waals surface area (Å²) in [6, 6.07) is 0. The molecule has 2 rings (SSSR count). The van der Waals surface area contributed by atoms with Gasteiger partial charge >= 0.3 is 5.91 Å². The van der Waals surface area contributed by atoms with Gasteiger partial charge in [0, 0.05) is 25.4 Å². The second-order valence-corrected chi connectivity index (χ2v) is 2.88. The highest BCUT2D eigenvalue weighted by atomic mass is 16.7. The molecule has 1 saturated heterocycles. The number of hydrogen-bond donors (Lipinski definition) is 1. The number of nitrogens with one attached hydrogen (secondary N) is 1. The normalized spacial score (nSPS) is 20.0. The van der Waals surface area contributed by atoms with Crippen LogP contribution >= 0.6 is 0 Å². The molecule has 0 atom stereocenters. The molecule has 1 fully saturated rings. The van der Waals surface area contributed by atoms with Gasteiger partial charge in [-0.1, -0.05) is 5.17 Å². The highest BCUT2D eigenvalue weighted by Gasteiger charge is 2.14. The molecule has 0 aromatic carbocycles. The zero-order valence-corrected chi connectivity index (χ0v) is 7.14. The van der Waals surface area contributed by atoms with Gasteiger partial charge in [-0.15, -0.1) is 0 Å². The van der Waals surface area contributed by atoms with Crippen LogP contribution in [-0.4, -0.2) is 29.1 Å². The van der Waals surface area contributed by atoms with Gasteiger partial charge in [0.2, 0.25) is 0 Å². The maximum absolute atomic E-state index is 11.3. The largest absolute Gasteiger partial charge is 0.377 e. The Balaban J connectivity index is 1.79. The van der Waals surface area contributed by atoms with E-state index in [1.165, 1.54) is 18.8 Å². The Morgan fingerprint density at radius 1 is 1.54 bits per heavy atom.